The Balaban J connectivity index is 4.00. The van der Waals surface area contributed by atoms with E-state index < -0.39 is 11.9 Å². The number of carbonyl (C=O) groups is 4. The molecule has 0 heterocycles. The number of alkyl halides is 1. The molecule has 0 bridgehead atoms. The van der Waals surface area contributed by atoms with Gasteiger partial charge in [0.15, 0.2) is 0 Å². The largest absolute Gasteiger partial charge is 0.355 e. The van der Waals surface area contributed by atoms with Crippen LogP contribution in [0.25, 0.3) is 0 Å². The van der Waals surface area contributed by atoms with Crippen molar-refractivity contribution in [3.05, 3.63) is 0 Å². The SMILES string of the molecule is CCCC(=O)N(C=O)OC(=O)CCNC(=O)CBr. The van der Waals surface area contributed by atoms with Gasteiger partial charge in [-0.05, 0) is 6.42 Å². The first-order chi connectivity index (χ1) is 8.54. The molecule has 8 heteroatoms. The van der Waals surface area contributed by atoms with Gasteiger partial charge in [-0.15, -0.1) is 5.06 Å². The summed E-state index contributed by atoms with van der Waals surface area (Å²) in [7, 11) is 0. The van der Waals surface area contributed by atoms with Crippen LogP contribution in [0, 0.1) is 0 Å². The van der Waals surface area contributed by atoms with E-state index in [1.54, 1.807) is 6.92 Å². The monoisotopic (exact) mass is 322 g/mol. The Hall–Kier alpha value is -1.44. The molecular formula is C10H15BrN2O5. The molecule has 0 aliphatic heterocycles. The molecule has 0 aliphatic rings. The van der Waals surface area contributed by atoms with Crippen molar-refractivity contribution < 1.29 is 24.0 Å². The van der Waals surface area contributed by atoms with Crippen LogP contribution in [0.1, 0.15) is 26.2 Å². The van der Waals surface area contributed by atoms with Crippen molar-refractivity contribution in [1.29, 1.82) is 0 Å². The number of halogens is 1. The van der Waals surface area contributed by atoms with Crippen molar-refractivity contribution in [2.45, 2.75) is 26.2 Å². The summed E-state index contributed by atoms with van der Waals surface area (Å²) in [5, 5.41) is 2.94. The molecule has 0 aliphatic carbocycles. The third-order valence-electron chi connectivity index (χ3n) is 1.78. The molecule has 0 aromatic rings. The van der Waals surface area contributed by atoms with Crippen LogP contribution in [0.5, 0.6) is 0 Å². The lowest BCUT2D eigenvalue weighted by atomic mass is 10.3. The molecule has 102 valence electrons. The highest BCUT2D eigenvalue weighted by molar-refractivity contribution is 9.09. The highest BCUT2D eigenvalue weighted by Gasteiger charge is 2.17. The summed E-state index contributed by atoms with van der Waals surface area (Å²) in [6, 6.07) is 0. The Labute approximate surface area is 113 Å². The van der Waals surface area contributed by atoms with Crippen molar-refractivity contribution in [3.8, 4) is 0 Å². The third-order valence-corrected chi connectivity index (χ3v) is 2.29. The van der Waals surface area contributed by atoms with Crippen LogP contribution < -0.4 is 5.32 Å². The molecule has 1 N–H and O–H groups in total. The van der Waals surface area contributed by atoms with Gasteiger partial charge in [0.25, 0.3) is 12.3 Å². The topological polar surface area (TPSA) is 92.8 Å². The second-order valence-corrected chi connectivity index (χ2v) is 3.83. The average Bonchev–Trinajstić information content (AvgIpc) is 2.35. The first-order valence-electron chi connectivity index (χ1n) is 5.36. The Kier molecular flexibility index (Phi) is 8.81. The number of carbonyl (C=O) groups excluding carboxylic acids is 4. The lowest BCUT2D eigenvalue weighted by Crippen LogP contribution is -2.34. The molecule has 3 amide bonds. The van der Waals surface area contributed by atoms with Gasteiger partial charge in [0.05, 0.1) is 11.8 Å². The molecule has 0 atom stereocenters. The number of rotatable bonds is 7. The summed E-state index contributed by atoms with van der Waals surface area (Å²) in [4.78, 5) is 48.4. The Morgan fingerprint density at radius 2 is 2.00 bits per heavy atom. The van der Waals surface area contributed by atoms with E-state index in [4.69, 9.17) is 0 Å². The summed E-state index contributed by atoms with van der Waals surface area (Å²) < 4.78 is 0. The molecule has 0 radical (unpaired) electrons. The summed E-state index contributed by atoms with van der Waals surface area (Å²) in [5.74, 6) is -1.61. The molecule has 0 aromatic carbocycles. The van der Waals surface area contributed by atoms with Crippen molar-refractivity contribution in [3.63, 3.8) is 0 Å². The highest BCUT2D eigenvalue weighted by atomic mass is 79.9. The van der Waals surface area contributed by atoms with Gasteiger partial charge in [-0.25, -0.2) is 4.79 Å². The molecule has 0 unspecified atom stereocenters. The van der Waals surface area contributed by atoms with E-state index in [2.05, 4.69) is 26.1 Å². The fourth-order valence-corrected chi connectivity index (χ4v) is 1.16. The predicted octanol–water partition coefficient (Wildman–Crippen LogP) is 0.131. The van der Waals surface area contributed by atoms with E-state index in [1.807, 2.05) is 0 Å². The van der Waals surface area contributed by atoms with E-state index in [0.717, 1.165) is 0 Å². The zero-order valence-corrected chi connectivity index (χ0v) is 11.6. The highest BCUT2D eigenvalue weighted by Crippen LogP contribution is 1.98. The van der Waals surface area contributed by atoms with Crippen LogP contribution in [0.2, 0.25) is 0 Å². The number of nitrogens with one attached hydrogen (secondary N) is 1. The maximum atomic E-state index is 11.3. The molecule has 18 heavy (non-hydrogen) atoms. The van der Waals surface area contributed by atoms with Gasteiger partial charge >= 0.3 is 5.97 Å². The molecule has 0 rings (SSSR count). The lowest BCUT2D eigenvalue weighted by molar-refractivity contribution is -0.196. The van der Waals surface area contributed by atoms with Gasteiger partial charge in [-0.3, -0.25) is 14.4 Å². The molecule has 0 spiro atoms. The third kappa shape index (κ3) is 7.00. The van der Waals surface area contributed by atoms with E-state index in [1.165, 1.54) is 0 Å². The van der Waals surface area contributed by atoms with Crippen molar-refractivity contribution in [1.82, 2.24) is 10.4 Å². The van der Waals surface area contributed by atoms with Gasteiger partial charge < -0.3 is 10.2 Å². The Morgan fingerprint density at radius 1 is 1.33 bits per heavy atom. The van der Waals surface area contributed by atoms with Crippen LogP contribution >= 0.6 is 15.9 Å². The number of amides is 3. The summed E-state index contributed by atoms with van der Waals surface area (Å²) in [5.41, 5.74) is 0. The minimum atomic E-state index is -0.763. The van der Waals surface area contributed by atoms with Crippen molar-refractivity contribution in [2.24, 2.45) is 0 Å². The van der Waals surface area contributed by atoms with Crippen LogP contribution in [-0.2, 0) is 24.0 Å². The number of hydrogen-bond donors (Lipinski definition) is 1. The van der Waals surface area contributed by atoms with E-state index in [-0.39, 0.29) is 37.0 Å². The van der Waals surface area contributed by atoms with Crippen LogP contribution in [0.3, 0.4) is 0 Å². The quantitative estimate of drug-likeness (QED) is 0.408. The number of nitrogens with zero attached hydrogens (tertiary/aromatic N) is 1. The van der Waals surface area contributed by atoms with Gasteiger partial charge in [0, 0.05) is 13.0 Å². The summed E-state index contributed by atoms with van der Waals surface area (Å²) in [6.45, 7) is 1.84. The second-order valence-electron chi connectivity index (χ2n) is 3.27. The minimum absolute atomic E-state index is 0.0813. The van der Waals surface area contributed by atoms with Crippen LogP contribution in [-0.4, -0.2) is 41.1 Å². The molecule has 0 saturated heterocycles. The fraction of sp³-hybridized carbons (Fsp3) is 0.600. The average molecular weight is 323 g/mol. The smallest absolute Gasteiger partial charge is 0.334 e. The normalized spacial score (nSPS) is 9.44. The molecule has 0 aromatic heterocycles. The van der Waals surface area contributed by atoms with E-state index in [9.17, 15) is 19.2 Å². The molecular weight excluding hydrogens is 308 g/mol. The Morgan fingerprint density at radius 3 is 2.50 bits per heavy atom. The van der Waals surface area contributed by atoms with Gasteiger partial charge in [-0.1, -0.05) is 22.9 Å². The van der Waals surface area contributed by atoms with Gasteiger partial charge in [0.2, 0.25) is 5.91 Å². The lowest BCUT2D eigenvalue weighted by Gasteiger charge is -2.13. The number of hydroxylamine groups is 2. The van der Waals surface area contributed by atoms with Gasteiger partial charge in [-0.2, -0.15) is 0 Å². The standard InChI is InChI=1S/C10H15BrN2O5/c1-2-3-9(16)13(7-14)18-10(17)4-5-12-8(15)6-11/h7H,2-6H2,1H3,(H,12,15). The van der Waals surface area contributed by atoms with E-state index >= 15 is 0 Å². The maximum absolute atomic E-state index is 11.3. The maximum Gasteiger partial charge on any atom is 0.334 e. The predicted molar refractivity (Wildman–Crippen MR) is 65.3 cm³/mol. The molecule has 0 fully saturated rings. The van der Waals surface area contributed by atoms with E-state index in [0.29, 0.717) is 11.5 Å². The number of hydrogen-bond acceptors (Lipinski definition) is 5. The number of imide groups is 1. The first-order valence-corrected chi connectivity index (χ1v) is 6.48. The Bertz CT molecular complexity index is 321. The van der Waals surface area contributed by atoms with Crippen LogP contribution in [0.4, 0.5) is 0 Å². The first kappa shape index (κ1) is 16.6. The van der Waals surface area contributed by atoms with Gasteiger partial charge in [0.1, 0.15) is 0 Å². The summed E-state index contributed by atoms with van der Waals surface area (Å²) in [6.07, 6.45) is 0.684. The van der Waals surface area contributed by atoms with Crippen LogP contribution in [0.15, 0.2) is 0 Å². The molecule has 7 nitrogen and oxygen atoms in total. The molecule has 0 saturated carbocycles. The zero-order chi connectivity index (χ0) is 14.0. The second kappa shape index (κ2) is 9.58. The van der Waals surface area contributed by atoms with Crippen molar-refractivity contribution >= 4 is 40.1 Å². The minimum Gasteiger partial charge on any atom is -0.355 e. The zero-order valence-electron chi connectivity index (χ0n) is 9.98. The van der Waals surface area contributed by atoms with Crippen molar-refractivity contribution in [2.75, 3.05) is 11.9 Å². The summed E-state index contributed by atoms with van der Waals surface area (Å²) >= 11 is 2.94. The fourth-order valence-electron chi connectivity index (χ4n) is 0.962.